The van der Waals surface area contributed by atoms with E-state index >= 15 is 0 Å². The maximum Gasteiger partial charge on any atom is 0.262 e. The maximum atomic E-state index is 12.5. The molecule has 0 aromatic heterocycles. The molecule has 2 nitrogen and oxygen atoms in total. The summed E-state index contributed by atoms with van der Waals surface area (Å²) in [6.07, 6.45) is 0. The normalized spacial score (nSPS) is 16.2. The van der Waals surface area contributed by atoms with E-state index in [9.17, 15) is 8.78 Å². The van der Waals surface area contributed by atoms with Gasteiger partial charge in [0.15, 0.2) is 0 Å². The smallest absolute Gasteiger partial charge is 0.262 e. The van der Waals surface area contributed by atoms with Crippen LogP contribution in [-0.2, 0) is 4.74 Å². The van der Waals surface area contributed by atoms with Crippen LogP contribution in [0.2, 0.25) is 0 Å². The SMILES string of the molecule is CC(C)(C)OCC(N)C(C)(F)F. The molecule has 1 unspecified atom stereocenters. The minimum atomic E-state index is -2.87. The van der Waals surface area contributed by atoms with E-state index in [0.29, 0.717) is 0 Å². The first-order chi connectivity index (χ1) is 5.13. The zero-order valence-corrected chi connectivity index (χ0v) is 8.03. The van der Waals surface area contributed by atoms with Gasteiger partial charge in [-0.3, -0.25) is 0 Å². The number of hydrogen-bond donors (Lipinski definition) is 1. The molecule has 0 saturated heterocycles. The molecule has 1 atom stereocenters. The van der Waals surface area contributed by atoms with E-state index in [0.717, 1.165) is 6.92 Å². The second-order valence-electron chi connectivity index (χ2n) is 3.99. The molecular weight excluding hydrogens is 164 g/mol. The summed E-state index contributed by atoms with van der Waals surface area (Å²) < 4.78 is 30.1. The summed E-state index contributed by atoms with van der Waals surface area (Å²) in [6, 6.07) is -1.23. The minimum absolute atomic E-state index is 0.118. The predicted octanol–water partition coefficient (Wildman–Crippen LogP) is 1.78. The Morgan fingerprint density at radius 2 is 1.67 bits per heavy atom. The Balaban J connectivity index is 3.80. The van der Waals surface area contributed by atoms with Gasteiger partial charge in [0.05, 0.1) is 18.2 Å². The van der Waals surface area contributed by atoms with Crippen LogP contribution in [0.1, 0.15) is 27.7 Å². The van der Waals surface area contributed by atoms with Gasteiger partial charge in [-0.05, 0) is 20.8 Å². The molecule has 0 saturated carbocycles. The summed E-state index contributed by atoms with van der Waals surface area (Å²) in [5.41, 5.74) is 4.77. The summed E-state index contributed by atoms with van der Waals surface area (Å²) in [5, 5.41) is 0. The quantitative estimate of drug-likeness (QED) is 0.720. The molecule has 74 valence electrons. The van der Waals surface area contributed by atoms with Gasteiger partial charge in [0.2, 0.25) is 0 Å². The van der Waals surface area contributed by atoms with Crippen LogP contribution in [0.3, 0.4) is 0 Å². The molecule has 0 aliphatic heterocycles. The third-order valence-corrected chi connectivity index (χ3v) is 1.35. The number of alkyl halides is 2. The lowest BCUT2D eigenvalue weighted by Crippen LogP contribution is -2.44. The Kier molecular flexibility index (Phi) is 3.59. The van der Waals surface area contributed by atoms with Crippen LogP contribution in [0, 0.1) is 0 Å². The lowest BCUT2D eigenvalue weighted by molar-refractivity contribution is -0.0719. The van der Waals surface area contributed by atoms with E-state index in [1.54, 1.807) is 20.8 Å². The molecule has 0 aliphatic carbocycles. The summed E-state index contributed by atoms with van der Waals surface area (Å²) in [5.74, 6) is -2.87. The zero-order valence-electron chi connectivity index (χ0n) is 8.03. The fourth-order valence-corrected chi connectivity index (χ4v) is 0.486. The van der Waals surface area contributed by atoms with Crippen molar-refractivity contribution < 1.29 is 13.5 Å². The number of ether oxygens (including phenoxy) is 1. The van der Waals surface area contributed by atoms with Crippen molar-refractivity contribution in [1.29, 1.82) is 0 Å². The summed E-state index contributed by atoms with van der Waals surface area (Å²) in [4.78, 5) is 0. The van der Waals surface area contributed by atoms with Crippen LogP contribution in [0.5, 0.6) is 0 Å². The van der Waals surface area contributed by atoms with Gasteiger partial charge in [0.1, 0.15) is 0 Å². The van der Waals surface area contributed by atoms with E-state index in [-0.39, 0.29) is 6.61 Å². The minimum Gasteiger partial charge on any atom is -0.374 e. The Hall–Kier alpha value is -0.220. The molecule has 0 fully saturated rings. The standard InChI is InChI=1S/C8H17F2NO/c1-7(2,3)12-5-6(11)8(4,9)10/h6H,5,11H2,1-4H3. The van der Waals surface area contributed by atoms with Crippen molar-refractivity contribution in [2.45, 2.75) is 45.3 Å². The largest absolute Gasteiger partial charge is 0.374 e. The van der Waals surface area contributed by atoms with E-state index < -0.39 is 17.6 Å². The van der Waals surface area contributed by atoms with Crippen molar-refractivity contribution >= 4 is 0 Å². The lowest BCUT2D eigenvalue weighted by Gasteiger charge is -2.25. The molecule has 0 aromatic carbocycles. The van der Waals surface area contributed by atoms with Gasteiger partial charge in [-0.1, -0.05) is 0 Å². The molecule has 0 radical (unpaired) electrons. The van der Waals surface area contributed by atoms with Crippen LogP contribution in [-0.4, -0.2) is 24.2 Å². The highest BCUT2D eigenvalue weighted by Gasteiger charge is 2.31. The second-order valence-corrected chi connectivity index (χ2v) is 3.99. The number of halogens is 2. The van der Waals surface area contributed by atoms with Crippen molar-refractivity contribution in [3.05, 3.63) is 0 Å². The molecule has 0 spiro atoms. The van der Waals surface area contributed by atoms with E-state index in [4.69, 9.17) is 10.5 Å². The number of rotatable bonds is 3. The first-order valence-electron chi connectivity index (χ1n) is 3.90. The van der Waals surface area contributed by atoms with E-state index in [2.05, 4.69) is 0 Å². The third-order valence-electron chi connectivity index (χ3n) is 1.35. The van der Waals surface area contributed by atoms with Crippen molar-refractivity contribution in [3.8, 4) is 0 Å². The van der Waals surface area contributed by atoms with Gasteiger partial charge in [0.25, 0.3) is 5.92 Å². The topological polar surface area (TPSA) is 35.2 Å². The summed E-state index contributed by atoms with van der Waals surface area (Å²) >= 11 is 0. The monoisotopic (exact) mass is 181 g/mol. The van der Waals surface area contributed by atoms with Gasteiger partial charge in [-0.15, -0.1) is 0 Å². The Labute approximate surface area is 72.1 Å². The van der Waals surface area contributed by atoms with Crippen LogP contribution in [0.4, 0.5) is 8.78 Å². The Bertz CT molecular complexity index is 137. The zero-order chi connectivity index (χ0) is 9.99. The average molecular weight is 181 g/mol. The maximum absolute atomic E-state index is 12.5. The summed E-state index contributed by atoms with van der Waals surface area (Å²) in [6.45, 7) is 6.07. The van der Waals surface area contributed by atoms with Crippen LogP contribution < -0.4 is 5.73 Å². The molecular formula is C8H17F2NO. The summed E-state index contributed by atoms with van der Waals surface area (Å²) in [7, 11) is 0. The van der Waals surface area contributed by atoms with Gasteiger partial charge in [0, 0.05) is 6.92 Å². The van der Waals surface area contributed by atoms with Gasteiger partial charge >= 0.3 is 0 Å². The second kappa shape index (κ2) is 3.66. The molecule has 0 aromatic rings. The Morgan fingerprint density at radius 3 is 1.92 bits per heavy atom. The fourth-order valence-electron chi connectivity index (χ4n) is 0.486. The molecule has 0 aliphatic rings. The third kappa shape index (κ3) is 5.43. The van der Waals surface area contributed by atoms with Crippen molar-refractivity contribution in [2.75, 3.05) is 6.61 Å². The molecule has 0 amide bonds. The highest BCUT2D eigenvalue weighted by atomic mass is 19.3. The lowest BCUT2D eigenvalue weighted by atomic mass is 10.1. The Morgan fingerprint density at radius 1 is 1.25 bits per heavy atom. The highest BCUT2D eigenvalue weighted by Crippen LogP contribution is 2.17. The average Bonchev–Trinajstić information content (AvgIpc) is 1.78. The highest BCUT2D eigenvalue weighted by molar-refractivity contribution is 4.76. The molecule has 4 heteroatoms. The van der Waals surface area contributed by atoms with Crippen molar-refractivity contribution in [1.82, 2.24) is 0 Å². The van der Waals surface area contributed by atoms with E-state index in [1.807, 2.05) is 0 Å². The van der Waals surface area contributed by atoms with Crippen LogP contribution in [0.15, 0.2) is 0 Å². The first kappa shape index (κ1) is 11.8. The first-order valence-corrected chi connectivity index (χ1v) is 3.90. The molecule has 0 heterocycles. The van der Waals surface area contributed by atoms with Crippen LogP contribution >= 0.6 is 0 Å². The van der Waals surface area contributed by atoms with Gasteiger partial charge in [-0.25, -0.2) is 8.78 Å². The molecule has 12 heavy (non-hydrogen) atoms. The molecule has 0 bridgehead atoms. The van der Waals surface area contributed by atoms with E-state index in [1.165, 1.54) is 0 Å². The van der Waals surface area contributed by atoms with Crippen molar-refractivity contribution in [2.24, 2.45) is 5.73 Å². The molecule has 0 rings (SSSR count). The van der Waals surface area contributed by atoms with Gasteiger partial charge < -0.3 is 10.5 Å². The van der Waals surface area contributed by atoms with Gasteiger partial charge in [-0.2, -0.15) is 0 Å². The van der Waals surface area contributed by atoms with Crippen LogP contribution in [0.25, 0.3) is 0 Å². The number of nitrogens with two attached hydrogens (primary N) is 1. The molecule has 2 N–H and O–H groups in total. The van der Waals surface area contributed by atoms with Crippen molar-refractivity contribution in [3.63, 3.8) is 0 Å². The fraction of sp³-hybridized carbons (Fsp3) is 1.00. The number of hydrogen-bond acceptors (Lipinski definition) is 2. The predicted molar refractivity (Wildman–Crippen MR) is 44.3 cm³/mol.